The summed E-state index contributed by atoms with van der Waals surface area (Å²) >= 11 is 0. The van der Waals surface area contributed by atoms with Gasteiger partial charge in [0.25, 0.3) is 0 Å². The number of rotatable bonds is 11. The van der Waals surface area contributed by atoms with E-state index in [0.717, 1.165) is 39.4 Å². The SMILES string of the molecule is CC.CC.CC.CCOCCCOCCCCCNC. The maximum atomic E-state index is 5.46. The molecule has 0 aromatic rings. The third-order valence-electron chi connectivity index (χ3n) is 2.00. The summed E-state index contributed by atoms with van der Waals surface area (Å²) in [5.41, 5.74) is 0. The Morgan fingerprint density at radius 3 is 1.65 bits per heavy atom. The molecular formula is C17H43NO2. The van der Waals surface area contributed by atoms with E-state index in [4.69, 9.17) is 9.47 Å². The molecule has 0 aromatic heterocycles. The highest BCUT2D eigenvalue weighted by Gasteiger charge is 1.90. The Hall–Kier alpha value is -0.120. The maximum Gasteiger partial charge on any atom is 0.0487 e. The first-order valence-electron chi connectivity index (χ1n) is 8.72. The molecule has 0 fully saturated rings. The highest BCUT2D eigenvalue weighted by atomic mass is 16.5. The molecular weight excluding hydrogens is 250 g/mol. The standard InChI is InChI=1S/C11H25NO2.3C2H6/c1-3-13-10-7-11-14-9-6-4-5-8-12-2;3*1-2/h12H,3-11H2,1-2H3;3*1-2H3. The largest absolute Gasteiger partial charge is 0.382 e. The summed E-state index contributed by atoms with van der Waals surface area (Å²) in [5.74, 6) is 0. The van der Waals surface area contributed by atoms with Gasteiger partial charge in [-0.05, 0) is 46.2 Å². The lowest BCUT2D eigenvalue weighted by atomic mass is 10.2. The van der Waals surface area contributed by atoms with Crippen LogP contribution in [0.3, 0.4) is 0 Å². The van der Waals surface area contributed by atoms with Crippen LogP contribution in [-0.2, 0) is 9.47 Å². The molecule has 3 nitrogen and oxygen atoms in total. The molecule has 0 radical (unpaired) electrons. The van der Waals surface area contributed by atoms with Crippen molar-refractivity contribution in [3.63, 3.8) is 0 Å². The minimum absolute atomic E-state index is 0.810. The molecule has 128 valence electrons. The van der Waals surface area contributed by atoms with Gasteiger partial charge in [0.05, 0.1) is 0 Å². The van der Waals surface area contributed by atoms with E-state index in [0.29, 0.717) is 0 Å². The first-order chi connectivity index (χ1) is 9.91. The first kappa shape index (κ1) is 28.1. The van der Waals surface area contributed by atoms with Crippen molar-refractivity contribution < 1.29 is 9.47 Å². The van der Waals surface area contributed by atoms with Crippen LogP contribution in [0.25, 0.3) is 0 Å². The van der Waals surface area contributed by atoms with Crippen LogP contribution >= 0.6 is 0 Å². The number of nitrogens with one attached hydrogen (secondary N) is 1. The summed E-state index contributed by atoms with van der Waals surface area (Å²) in [6.07, 6.45) is 4.70. The lowest BCUT2D eigenvalue weighted by Crippen LogP contribution is -2.07. The van der Waals surface area contributed by atoms with Crippen molar-refractivity contribution in [2.24, 2.45) is 0 Å². The molecule has 0 rings (SSSR count). The van der Waals surface area contributed by atoms with Gasteiger partial charge >= 0.3 is 0 Å². The van der Waals surface area contributed by atoms with Crippen molar-refractivity contribution in [2.75, 3.05) is 40.0 Å². The van der Waals surface area contributed by atoms with Gasteiger partial charge < -0.3 is 14.8 Å². The van der Waals surface area contributed by atoms with Gasteiger partial charge in [0, 0.05) is 26.4 Å². The number of hydrogen-bond donors (Lipinski definition) is 1. The fourth-order valence-corrected chi connectivity index (χ4v) is 1.19. The van der Waals surface area contributed by atoms with Gasteiger partial charge in [0.1, 0.15) is 0 Å². The number of ether oxygens (including phenoxy) is 2. The third-order valence-corrected chi connectivity index (χ3v) is 2.00. The average molecular weight is 294 g/mol. The van der Waals surface area contributed by atoms with Crippen LogP contribution in [0.15, 0.2) is 0 Å². The zero-order valence-corrected chi connectivity index (χ0v) is 15.7. The summed E-state index contributed by atoms with van der Waals surface area (Å²) in [4.78, 5) is 0. The molecule has 0 heterocycles. The second-order valence-electron chi connectivity index (χ2n) is 3.33. The molecule has 20 heavy (non-hydrogen) atoms. The van der Waals surface area contributed by atoms with Gasteiger partial charge in [-0.25, -0.2) is 0 Å². The van der Waals surface area contributed by atoms with Crippen molar-refractivity contribution in [3.8, 4) is 0 Å². The highest BCUT2D eigenvalue weighted by molar-refractivity contribution is 4.44. The maximum absolute atomic E-state index is 5.46. The molecule has 0 atom stereocenters. The Kier molecular flexibility index (Phi) is 60.1. The molecule has 0 spiro atoms. The highest BCUT2D eigenvalue weighted by Crippen LogP contribution is 1.95. The van der Waals surface area contributed by atoms with Crippen molar-refractivity contribution in [2.45, 2.75) is 74.1 Å². The average Bonchev–Trinajstić information content (AvgIpc) is 2.55. The van der Waals surface area contributed by atoms with Crippen LogP contribution in [0.4, 0.5) is 0 Å². The normalized spacial score (nSPS) is 8.40. The van der Waals surface area contributed by atoms with Crippen LogP contribution < -0.4 is 5.32 Å². The van der Waals surface area contributed by atoms with Crippen LogP contribution in [0, 0.1) is 0 Å². The molecule has 0 aromatic carbocycles. The fraction of sp³-hybridized carbons (Fsp3) is 1.00. The van der Waals surface area contributed by atoms with Gasteiger partial charge in [-0.3, -0.25) is 0 Å². The zero-order valence-electron chi connectivity index (χ0n) is 15.7. The molecule has 3 heteroatoms. The van der Waals surface area contributed by atoms with Crippen molar-refractivity contribution >= 4 is 0 Å². The van der Waals surface area contributed by atoms with Gasteiger partial charge in [-0.2, -0.15) is 0 Å². The molecule has 0 bridgehead atoms. The summed E-state index contributed by atoms with van der Waals surface area (Å²) in [6.45, 7) is 18.5. The molecule has 0 aliphatic carbocycles. The van der Waals surface area contributed by atoms with Gasteiger partial charge in [-0.15, -0.1) is 0 Å². The minimum atomic E-state index is 0.810. The Labute approximate surface area is 129 Å². The van der Waals surface area contributed by atoms with E-state index < -0.39 is 0 Å². The molecule has 0 unspecified atom stereocenters. The van der Waals surface area contributed by atoms with Crippen LogP contribution in [0.5, 0.6) is 0 Å². The number of unbranched alkanes of at least 4 members (excludes halogenated alkanes) is 2. The second-order valence-corrected chi connectivity index (χ2v) is 3.33. The second kappa shape index (κ2) is 42.8. The first-order valence-corrected chi connectivity index (χ1v) is 8.72. The van der Waals surface area contributed by atoms with Crippen LogP contribution in [-0.4, -0.2) is 40.0 Å². The van der Waals surface area contributed by atoms with E-state index in [9.17, 15) is 0 Å². The molecule has 0 amide bonds. The summed E-state index contributed by atoms with van der Waals surface area (Å²) in [6, 6.07) is 0. The fourth-order valence-electron chi connectivity index (χ4n) is 1.19. The van der Waals surface area contributed by atoms with Crippen molar-refractivity contribution in [3.05, 3.63) is 0 Å². The topological polar surface area (TPSA) is 30.5 Å². The zero-order chi connectivity index (χ0) is 16.5. The van der Waals surface area contributed by atoms with Crippen LogP contribution in [0.1, 0.15) is 74.1 Å². The lowest BCUT2D eigenvalue weighted by molar-refractivity contribution is 0.0861. The predicted molar refractivity (Wildman–Crippen MR) is 93.8 cm³/mol. The van der Waals surface area contributed by atoms with Gasteiger partial charge in [0.2, 0.25) is 0 Å². The quantitative estimate of drug-likeness (QED) is 0.550. The Balaban J connectivity index is -0.000000187. The van der Waals surface area contributed by atoms with E-state index in [1.54, 1.807) is 0 Å². The predicted octanol–water partition coefficient (Wildman–Crippen LogP) is 4.90. The number of hydrogen-bond acceptors (Lipinski definition) is 3. The summed E-state index contributed by atoms with van der Waals surface area (Å²) < 4.78 is 10.7. The van der Waals surface area contributed by atoms with Crippen LogP contribution in [0.2, 0.25) is 0 Å². The monoisotopic (exact) mass is 293 g/mol. The van der Waals surface area contributed by atoms with Crippen molar-refractivity contribution in [1.82, 2.24) is 5.32 Å². The molecule has 0 saturated carbocycles. The molecule has 0 aliphatic heterocycles. The van der Waals surface area contributed by atoms with Gasteiger partial charge in [0.15, 0.2) is 0 Å². The molecule has 1 N–H and O–H groups in total. The van der Waals surface area contributed by atoms with Gasteiger partial charge in [-0.1, -0.05) is 41.5 Å². The van der Waals surface area contributed by atoms with E-state index in [-0.39, 0.29) is 0 Å². The van der Waals surface area contributed by atoms with E-state index in [1.807, 2.05) is 55.5 Å². The Morgan fingerprint density at radius 2 is 1.15 bits per heavy atom. The molecule has 0 aliphatic rings. The lowest BCUT2D eigenvalue weighted by Gasteiger charge is -2.04. The van der Waals surface area contributed by atoms with E-state index in [1.165, 1.54) is 19.3 Å². The van der Waals surface area contributed by atoms with E-state index in [2.05, 4.69) is 5.32 Å². The summed E-state index contributed by atoms with van der Waals surface area (Å²) in [5, 5.41) is 3.14. The smallest absolute Gasteiger partial charge is 0.0487 e. The Morgan fingerprint density at radius 1 is 0.650 bits per heavy atom. The Bertz CT molecular complexity index is 89.0. The third kappa shape index (κ3) is 43.0. The summed E-state index contributed by atoms with van der Waals surface area (Å²) in [7, 11) is 1.99. The van der Waals surface area contributed by atoms with Crippen molar-refractivity contribution in [1.29, 1.82) is 0 Å². The molecule has 0 saturated heterocycles. The minimum Gasteiger partial charge on any atom is -0.382 e. The van der Waals surface area contributed by atoms with E-state index >= 15 is 0 Å².